The Balaban J connectivity index is 1.49. The van der Waals surface area contributed by atoms with Crippen molar-refractivity contribution in [3.05, 3.63) is 59.7 Å². The third kappa shape index (κ3) is 8.09. The second-order valence-electron chi connectivity index (χ2n) is 6.51. The second-order valence-corrected chi connectivity index (χ2v) is 6.51. The normalized spacial score (nSPS) is 10.1. The summed E-state index contributed by atoms with van der Waals surface area (Å²) in [6.45, 7) is 2.29. The van der Waals surface area contributed by atoms with E-state index in [4.69, 9.17) is 37.2 Å². The molecule has 0 aliphatic rings. The molecule has 2 aromatic rings. The number of amidine groups is 2. The first-order valence-electron chi connectivity index (χ1n) is 9.66. The van der Waals surface area contributed by atoms with Gasteiger partial charge in [-0.2, -0.15) is 0 Å². The van der Waals surface area contributed by atoms with Gasteiger partial charge in [-0.1, -0.05) is 0 Å². The van der Waals surface area contributed by atoms with Gasteiger partial charge in [-0.15, -0.1) is 0 Å². The highest BCUT2D eigenvalue weighted by Crippen LogP contribution is 2.12. The smallest absolute Gasteiger partial charge is 0.188 e. The summed E-state index contributed by atoms with van der Waals surface area (Å²) in [6.07, 6.45) is 1.50. The minimum Gasteiger partial charge on any atom is -0.494 e. The highest BCUT2D eigenvalue weighted by molar-refractivity contribution is 5.95. The third-order valence-corrected chi connectivity index (χ3v) is 4.11. The average molecular weight is 412 g/mol. The number of hydrogen-bond acceptors (Lipinski definition) is 5. The zero-order chi connectivity index (χ0) is 21.8. The van der Waals surface area contributed by atoms with Crippen molar-refractivity contribution in [1.82, 2.24) is 10.6 Å². The topological polar surface area (TPSA) is 166 Å². The standard InChI is InChI=1S/C21H29N7O2/c22-19(23)15-3-7-17(8-4-15)29-13-1-11-27-21(26)28-12-2-14-30-18-9-5-16(6-10-18)20(24)25/h3-10H,1-2,11-14H2,(H3,22,23)(H3,24,25)(H3,26,27,28). The largest absolute Gasteiger partial charge is 0.494 e. The summed E-state index contributed by atoms with van der Waals surface area (Å²) in [5, 5.41) is 28.5. The first-order chi connectivity index (χ1) is 14.5. The maximum absolute atomic E-state index is 7.85. The van der Waals surface area contributed by atoms with Gasteiger partial charge in [0.1, 0.15) is 23.2 Å². The molecule has 0 bridgehead atoms. The lowest BCUT2D eigenvalue weighted by atomic mass is 10.2. The number of hydrogen-bond donors (Lipinski definition) is 7. The maximum Gasteiger partial charge on any atom is 0.188 e. The molecule has 0 aromatic heterocycles. The molecule has 0 saturated carbocycles. The van der Waals surface area contributed by atoms with Crippen LogP contribution in [0.5, 0.6) is 11.5 Å². The molecule has 0 unspecified atom stereocenters. The van der Waals surface area contributed by atoms with E-state index < -0.39 is 0 Å². The molecule has 0 atom stereocenters. The molecule has 0 spiro atoms. The molecule has 2 rings (SSSR count). The number of rotatable bonds is 12. The van der Waals surface area contributed by atoms with E-state index in [2.05, 4.69) is 10.6 Å². The first-order valence-corrected chi connectivity index (χ1v) is 9.66. The van der Waals surface area contributed by atoms with Crippen molar-refractivity contribution in [1.29, 1.82) is 16.2 Å². The van der Waals surface area contributed by atoms with Crippen molar-refractivity contribution in [3.8, 4) is 11.5 Å². The quantitative estimate of drug-likeness (QED) is 0.159. The molecule has 0 amide bonds. The van der Waals surface area contributed by atoms with Gasteiger partial charge in [0.05, 0.1) is 13.2 Å². The predicted octanol–water partition coefficient (Wildman–Crippen LogP) is 1.61. The highest BCUT2D eigenvalue weighted by atomic mass is 16.5. The van der Waals surface area contributed by atoms with Crippen molar-refractivity contribution in [2.24, 2.45) is 11.5 Å². The van der Waals surface area contributed by atoms with Crippen LogP contribution in [-0.2, 0) is 0 Å². The molecular weight excluding hydrogens is 382 g/mol. The fraction of sp³-hybridized carbons (Fsp3) is 0.286. The molecule has 0 fully saturated rings. The van der Waals surface area contributed by atoms with Crippen LogP contribution in [0.2, 0.25) is 0 Å². The van der Waals surface area contributed by atoms with Crippen LogP contribution in [0.3, 0.4) is 0 Å². The van der Waals surface area contributed by atoms with Gasteiger partial charge in [-0.25, -0.2) is 0 Å². The number of nitrogens with one attached hydrogen (secondary N) is 5. The fourth-order valence-corrected chi connectivity index (χ4v) is 2.48. The molecule has 0 saturated heterocycles. The monoisotopic (exact) mass is 411 g/mol. The Morgan fingerprint density at radius 1 is 0.667 bits per heavy atom. The van der Waals surface area contributed by atoms with Crippen molar-refractivity contribution >= 4 is 17.6 Å². The maximum atomic E-state index is 7.85. The molecular formula is C21H29N7O2. The zero-order valence-corrected chi connectivity index (χ0v) is 16.8. The Bertz CT molecular complexity index is 766. The van der Waals surface area contributed by atoms with E-state index in [-0.39, 0.29) is 17.6 Å². The van der Waals surface area contributed by atoms with Crippen molar-refractivity contribution < 1.29 is 9.47 Å². The molecule has 9 heteroatoms. The van der Waals surface area contributed by atoms with Crippen LogP contribution in [0.1, 0.15) is 24.0 Å². The molecule has 0 heterocycles. The Hall–Kier alpha value is -3.75. The van der Waals surface area contributed by atoms with Gasteiger partial charge in [0.15, 0.2) is 5.96 Å². The van der Waals surface area contributed by atoms with E-state index in [9.17, 15) is 0 Å². The minimum absolute atomic E-state index is 0.0339. The number of nitrogen functional groups attached to an aromatic ring is 2. The Labute approximate surface area is 176 Å². The van der Waals surface area contributed by atoms with Gasteiger partial charge < -0.3 is 31.6 Å². The van der Waals surface area contributed by atoms with Gasteiger partial charge in [0.25, 0.3) is 0 Å². The number of ether oxygens (including phenoxy) is 2. The third-order valence-electron chi connectivity index (χ3n) is 4.11. The lowest BCUT2D eigenvalue weighted by molar-refractivity contribution is 0.309. The van der Waals surface area contributed by atoms with Crippen LogP contribution in [0.25, 0.3) is 0 Å². The molecule has 0 aliphatic carbocycles. The van der Waals surface area contributed by atoms with E-state index in [1.165, 1.54) is 0 Å². The average Bonchev–Trinajstić information content (AvgIpc) is 2.74. The molecule has 9 nitrogen and oxygen atoms in total. The Kier molecular flexibility index (Phi) is 8.98. The van der Waals surface area contributed by atoms with Gasteiger partial charge in [0, 0.05) is 24.2 Å². The predicted molar refractivity (Wildman–Crippen MR) is 119 cm³/mol. The van der Waals surface area contributed by atoms with Gasteiger partial charge in [0.2, 0.25) is 0 Å². The van der Waals surface area contributed by atoms with E-state index in [1.54, 1.807) is 48.5 Å². The summed E-state index contributed by atoms with van der Waals surface area (Å²) in [5.41, 5.74) is 12.2. The van der Waals surface area contributed by atoms with E-state index in [1.807, 2.05) is 0 Å². The summed E-state index contributed by atoms with van der Waals surface area (Å²) in [7, 11) is 0. The van der Waals surface area contributed by atoms with Gasteiger partial charge in [-0.05, 0) is 61.4 Å². The number of guanidine groups is 1. The van der Waals surface area contributed by atoms with Crippen LogP contribution in [0.15, 0.2) is 48.5 Å². The van der Waals surface area contributed by atoms with Crippen LogP contribution < -0.4 is 31.6 Å². The van der Waals surface area contributed by atoms with Crippen molar-refractivity contribution in [2.75, 3.05) is 26.3 Å². The summed E-state index contributed by atoms with van der Waals surface area (Å²) >= 11 is 0. The highest BCUT2D eigenvalue weighted by Gasteiger charge is 2.00. The summed E-state index contributed by atoms with van der Waals surface area (Å²) in [4.78, 5) is 0. The lowest BCUT2D eigenvalue weighted by Crippen LogP contribution is -2.38. The number of benzene rings is 2. The Morgan fingerprint density at radius 3 is 1.37 bits per heavy atom. The first kappa shape index (κ1) is 22.5. The van der Waals surface area contributed by atoms with Crippen LogP contribution >= 0.6 is 0 Å². The van der Waals surface area contributed by atoms with Crippen LogP contribution in [0.4, 0.5) is 0 Å². The van der Waals surface area contributed by atoms with Gasteiger partial charge >= 0.3 is 0 Å². The molecule has 0 aliphatic heterocycles. The summed E-state index contributed by atoms with van der Waals surface area (Å²) < 4.78 is 11.2. The second kappa shape index (κ2) is 11.9. The van der Waals surface area contributed by atoms with Crippen LogP contribution in [-0.4, -0.2) is 43.9 Å². The molecule has 2 aromatic carbocycles. The zero-order valence-electron chi connectivity index (χ0n) is 16.8. The summed E-state index contributed by atoms with van der Waals surface area (Å²) in [5.74, 6) is 1.79. The molecule has 30 heavy (non-hydrogen) atoms. The lowest BCUT2D eigenvalue weighted by Gasteiger charge is -2.11. The molecule has 9 N–H and O–H groups in total. The van der Waals surface area contributed by atoms with E-state index in [0.29, 0.717) is 37.4 Å². The van der Waals surface area contributed by atoms with Crippen molar-refractivity contribution in [3.63, 3.8) is 0 Å². The fourth-order valence-electron chi connectivity index (χ4n) is 2.48. The minimum atomic E-state index is 0.0339. The summed E-state index contributed by atoms with van der Waals surface area (Å²) in [6, 6.07) is 14.1. The molecule has 0 radical (unpaired) electrons. The number of nitrogens with two attached hydrogens (primary N) is 2. The van der Waals surface area contributed by atoms with E-state index >= 15 is 0 Å². The van der Waals surface area contributed by atoms with Crippen molar-refractivity contribution in [2.45, 2.75) is 12.8 Å². The van der Waals surface area contributed by atoms with Gasteiger partial charge in [-0.3, -0.25) is 16.2 Å². The Morgan fingerprint density at radius 2 is 1.03 bits per heavy atom. The van der Waals surface area contributed by atoms with E-state index in [0.717, 1.165) is 24.3 Å². The SMILES string of the molecule is N=C(NCCCOc1ccc(C(=N)N)cc1)NCCCOc1ccc(C(=N)N)cc1. The molecule has 160 valence electrons. The van der Waals surface area contributed by atoms with Crippen LogP contribution in [0, 0.1) is 16.2 Å².